The van der Waals surface area contributed by atoms with Gasteiger partial charge in [0.2, 0.25) is 0 Å². The summed E-state index contributed by atoms with van der Waals surface area (Å²) >= 11 is 2.10. The predicted octanol–water partition coefficient (Wildman–Crippen LogP) is 2.56. The van der Waals surface area contributed by atoms with Crippen LogP contribution in [0.15, 0.2) is 4.99 Å². The van der Waals surface area contributed by atoms with Crippen LogP contribution in [0.25, 0.3) is 0 Å². The van der Waals surface area contributed by atoms with Gasteiger partial charge in [-0.25, -0.2) is 0 Å². The molecule has 5 heteroatoms. The van der Waals surface area contributed by atoms with Crippen molar-refractivity contribution in [3.8, 4) is 0 Å². The van der Waals surface area contributed by atoms with Crippen LogP contribution in [0, 0.1) is 5.92 Å². The molecular weight excluding hydrogens is 292 g/mol. The predicted molar refractivity (Wildman–Crippen MR) is 98.9 cm³/mol. The highest BCUT2D eigenvalue weighted by atomic mass is 32.2. The molecule has 2 aliphatic rings. The maximum Gasteiger partial charge on any atom is 0.191 e. The lowest BCUT2D eigenvalue weighted by Crippen LogP contribution is -2.43. The summed E-state index contributed by atoms with van der Waals surface area (Å²) in [5.41, 5.74) is 0. The van der Waals surface area contributed by atoms with Crippen LogP contribution in [-0.4, -0.2) is 60.6 Å². The first-order chi connectivity index (χ1) is 10.7. The van der Waals surface area contributed by atoms with Gasteiger partial charge in [0.15, 0.2) is 5.96 Å². The van der Waals surface area contributed by atoms with E-state index in [1.165, 1.54) is 44.5 Å². The van der Waals surface area contributed by atoms with E-state index in [2.05, 4.69) is 48.1 Å². The summed E-state index contributed by atoms with van der Waals surface area (Å²) in [6.45, 7) is 12.2. The number of hydrogen-bond acceptors (Lipinski definition) is 3. The number of likely N-dealkylation sites (tertiary alicyclic amines) is 1. The van der Waals surface area contributed by atoms with Crippen LogP contribution in [0.3, 0.4) is 0 Å². The molecule has 2 fully saturated rings. The summed E-state index contributed by atoms with van der Waals surface area (Å²) < 4.78 is 0. The summed E-state index contributed by atoms with van der Waals surface area (Å²) in [6.07, 6.45) is 5.42. The second kappa shape index (κ2) is 9.66. The molecule has 0 aromatic carbocycles. The maximum atomic E-state index is 4.88. The summed E-state index contributed by atoms with van der Waals surface area (Å²) in [7, 11) is 0. The van der Waals surface area contributed by atoms with Crippen molar-refractivity contribution in [1.82, 2.24) is 15.5 Å². The molecule has 2 aliphatic heterocycles. The molecule has 0 aromatic heterocycles. The second-order valence-corrected chi connectivity index (χ2v) is 8.20. The second-order valence-electron chi connectivity index (χ2n) is 6.79. The molecule has 2 heterocycles. The molecule has 2 rings (SSSR count). The average Bonchev–Trinajstić information content (AvgIpc) is 3.18. The number of hydrogen-bond donors (Lipinski definition) is 2. The number of nitrogens with zero attached hydrogens (tertiary/aromatic N) is 2. The topological polar surface area (TPSA) is 39.7 Å². The highest BCUT2D eigenvalue weighted by Gasteiger charge is 2.24. The Labute approximate surface area is 140 Å². The molecule has 0 amide bonds. The quantitative estimate of drug-likeness (QED) is 0.557. The molecule has 0 radical (unpaired) electrons. The lowest BCUT2D eigenvalue weighted by molar-refractivity contribution is 0.197. The highest BCUT2D eigenvalue weighted by Crippen LogP contribution is 2.25. The van der Waals surface area contributed by atoms with Crippen LogP contribution < -0.4 is 10.6 Å². The fraction of sp³-hybridized carbons (Fsp3) is 0.941. The van der Waals surface area contributed by atoms with Crippen LogP contribution in [0.2, 0.25) is 0 Å². The van der Waals surface area contributed by atoms with Crippen LogP contribution >= 0.6 is 11.8 Å². The molecule has 22 heavy (non-hydrogen) atoms. The van der Waals surface area contributed by atoms with Crippen LogP contribution in [0.5, 0.6) is 0 Å². The van der Waals surface area contributed by atoms with Crippen LogP contribution in [-0.2, 0) is 0 Å². The molecule has 128 valence electrons. The SMILES string of the molecule is CCNC(=NCC(C(C)C)N1CCCC1)NCC1CCCS1. The first-order valence-electron chi connectivity index (χ1n) is 9.08. The molecule has 2 unspecified atom stereocenters. The molecule has 4 nitrogen and oxygen atoms in total. The van der Waals surface area contributed by atoms with Gasteiger partial charge in [0.25, 0.3) is 0 Å². The van der Waals surface area contributed by atoms with Gasteiger partial charge in [0.05, 0.1) is 6.54 Å². The van der Waals surface area contributed by atoms with Crippen LogP contribution in [0.4, 0.5) is 0 Å². The van der Waals surface area contributed by atoms with E-state index < -0.39 is 0 Å². The molecule has 0 spiro atoms. The van der Waals surface area contributed by atoms with E-state index >= 15 is 0 Å². The summed E-state index contributed by atoms with van der Waals surface area (Å²) in [4.78, 5) is 7.51. The number of rotatable bonds is 7. The summed E-state index contributed by atoms with van der Waals surface area (Å²) in [6, 6.07) is 0.582. The fourth-order valence-electron chi connectivity index (χ4n) is 3.36. The van der Waals surface area contributed by atoms with Crippen molar-refractivity contribution < 1.29 is 0 Å². The van der Waals surface area contributed by atoms with E-state index in [1.807, 2.05) is 0 Å². The minimum absolute atomic E-state index is 0.582. The Balaban J connectivity index is 1.85. The zero-order valence-electron chi connectivity index (χ0n) is 14.6. The van der Waals surface area contributed by atoms with Gasteiger partial charge in [-0.05, 0) is 57.4 Å². The molecule has 2 saturated heterocycles. The van der Waals surface area contributed by atoms with E-state index in [0.29, 0.717) is 12.0 Å². The van der Waals surface area contributed by atoms with Crippen molar-refractivity contribution in [2.24, 2.45) is 10.9 Å². The van der Waals surface area contributed by atoms with Gasteiger partial charge in [-0.3, -0.25) is 9.89 Å². The number of nitrogens with one attached hydrogen (secondary N) is 2. The van der Waals surface area contributed by atoms with E-state index in [-0.39, 0.29) is 0 Å². The number of guanidine groups is 1. The van der Waals surface area contributed by atoms with Crippen molar-refractivity contribution in [3.63, 3.8) is 0 Å². The Kier molecular flexibility index (Phi) is 7.87. The van der Waals surface area contributed by atoms with Crippen molar-refractivity contribution in [3.05, 3.63) is 0 Å². The lowest BCUT2D eigenvalue weighted by atomic mass is 10.0. The van der Waals surface area contributed by atoms with Gasteiger partial charge in [-0.1, -0.05) is 13.8 Å². The highest BCUT2D eigenvalue weighted by molar-refractivity contribution is 8.00. The molecule has 2 N–H and O–H groups in total. The van der Waals surface area contributed by atoms with Gasteiger partial charge in [-0.2, -0.15) is 11.8 Å². The van der Waals surface area contributed by atoms with Crippen molar-refractivity contribution in [2.45, 2.75) is 57.7 Å². The molecule has 0 saturated carbocycles. The number of thioether (sulfide) groups is 1. The summed E-state index contributed by atoms with van der Waals surface area (Å²) in [5.74, 6) is 2.99. The van der Waals surface area contributed by atoms with E-state index in [9.17, 15) is 0 Å². The van der Waals surface area contributed by atoms with Gasteiger partial charge in [0, 0.05) is 24.4 Å². The molecule has 2 atom stereocenters. The third-order valence-corrected chi connectivity index (χ3v) is 6.08. The van der Waals surface area contributed by atoms with E-state index in [0.717, 1.165) is 30.8 Å². The fourth-order valence-corrected chi connectivity index (χ4v) is 4.56. The largest absolute Gasteiger partial charge is 0.357 e. The molecule has 0 aliphatic carbocycles. The normalized spacial score (nSPS) is 24.9. The minimum atomic E-state index is 0.582. The van der Waals surface area contributed by atoms with Crippen LogP contribution in [0.1, 0.15) is 46.5 Å². The van der Waals surface area contributed by atoms with Gasteiger partial charge < -0.3 is 10.6 Å². The van der Waals surface area contributed by atoms with Gasteiger partial charge >= 0.3 is 0 Å². The summed E-state index contributed by atoms with van der Waals surface area (Å²) in [5, 5.41) is 7.72. The minimum Gasteiger partial charge on any atom is -0.357 e. The Morgan fingerprint density at radius 3 is 2.59 bits per heavy atom. The smallest absolute Gasteiger partial charge is 0.191 e. The zero-order valence-corrected chi connectivity index (χ0v) is 15.4. The van der Waals surface area contributed by atoms with Crippen molar-refractivity contribution in [1.29, 1.82) is 0 Å². The third-order valence-electron chi connectivity index (χ3n) is 4.68. The third kappa shape index (κ3) is 5.65. The monoisotopic (exact) mass is 326 g/mol. The van der Waals surface area contributed by atoms with Gasteiger partial charge in [-0.15, -0.1) is 0 Å². The van der Waals surface area contributed by atoms with E-state index in [1.54, 1.807) is 0 Å². The van der Waals surface area contributed by atoms with Crippen molar-refractivity contribution in [2.75, 3.05) is 38.5 Å². The Bertz CT molecular complexity index is 334. The first kappa shape index (κ1) is 17.9. The molecular formula is C17H34N4S. The number of aliphatic imine (C=N–C) groups is 1. The Hall–Kier alpha value is -0.420. The first-order valence-corrected chi connectivity index (χ1v) is 10.1. The maximum absolute atomic E-state index is 4.88. The molecule has 0 aromatic rings. The lowest BCUT2D eigenvalue weighted by Gasteiger charge is -2.29. The van der Waals surface area contributed by atoms with Gasteiger partial charge in [0.1, 0.15) is 0 Å². The molecule has 0 bridgehead atoms. The average molecular weight is 327 g/mol. The van der Waals surface area contributed by atoms with E-state index in [4.69, 9.17) is 4.99 Å². The Morgan fingerprint density at radius 1 is 1.23 bits per heavy atom. The van der Waals surface area contributed by atoms with Crippen molar-refractivity contribution >= 4 is 17.7 Å². The zero-order chi connectivity index (χ0) is 15.8. The standard InChI is InChI=1S/C17H34N4S/c1-4-18-17(19-12-15-8-7-11-22-15)20-13-16(14(2)3)21-9-5-6-10-21/h14-16H,4-13H2,1-3H3,(H2,18,19,20). The Morgan fingerprint density at radius 2 is 2.00 bits per heavy atom.